The van der Waals surface area contributed by atoms with Gasteiger partial charge in [-0.25, -0.2) is 8.78 Å². The molecule has 0 saturated carbocycles. The molecule has 0 aromatic heterocycles. The van der Waals surface area contributed by atoms with Gasteiger partial charge in [-0.05, 0) is 17.1 Å². The van der Waals surface area contributed by atoms with Crippen molar-refractivity contribution in [3.8, 4) is 0 Å². The zero-order valence-electron chi connectivity index (χ0n) is 6.14. The number of rotatable bonds is 4. The second kappa shape index (κ2) is 4.91. The highest BCUT2D eigenvalue weighted by molar-refractivity contribution is 7.91. The standard InChI is InChI=1S/C6H12F2OS/c1-5(2)3-10(9)4-6(7)8/h5-6H,3-4H2,1-2H3. The smallest absolute Gasteiger partial charge is 0.282 e. The first kappa shape index (κ1) is 10.2. The third-order valence-corrected chi connectivity index (χ3v) is 2.49. The Morgan fingerprint density at radius 3 is 2.10 bits per heavy atom. The van der Waals surface area contributed by atoms with Crippen molar-refractivity contribution in [3.05, 3.63) is 0 Å². The van der Waals surface area contributed by atoms with Crippen LogP contribution in [0.4, 0.5) is 8.78 Å². The summed E-state index contributed by atoms with van der Waals surface area (Å²) in [5.41, 5.74) is 0. The molecule has 0 saturated heterocycles. The molecule has 1 nitrogen and oxygen atoms in total. The van der Waals surface area contributed by atoms with Crippen LogP contribution >= 0.6 is 0 Å². The summed E-state index contributed by atoms with van der Waals surface area (Å²) in [4.78, 5) is 0. The zero-order chi connectivity index (χ0) is 8.15. The first-order chi connectivity index (χ1) is 4.52. The molecule has 0 aliphatic heterocycles. The molecule has 0 aliphatic carbocycles. The van der Waals surface area contributed by atoms with Crippen LogP contribution in [0.5, 0.6) is 0 Å². The number of hydrogen-bond acceptors (Lipinski definition) is 1. The van der Waals surface area contributed by atoms with Gasteiger partial charge in [0.05, 0.1) is 0 Å². The van der Waals surface area contributed by atoms with Crippen molar-refractivity contribution in [2.24, 2.45) is 5.92 Å². The molecule has 1 unspecified atom stereocenters. The van der Waals surface area contributed by atoms with E-state index in [4.69, 9.17) is 0 Å². The number of halogens is 2. The SMILES string of the molecule is CC(C)C[S+]([O-])CC(F)F. The lowest BCUT2D eigenvalue weighted by molar-refractivity contribution is 0.174. The lowest BCUT2D eigenvalue weighted by Gasteiger charge is -2.11. The third-order valence-electron chi connectivity index (χ3n) is 0.831. The molecule has 0 rings (SSSR count). The molecule has 0 amide bonds. The Hall–Kier alpha value is 0.170. The number of alkyl halides is 2. The lowest BCUT2D eigenvalue weighted by atomic mass is 10.3. The van der Waals surface area contributed by atoms with E-state index in [2.05, 4.69) is 0 Å². The molecule has 0 aromatic carbocycles. The highest BCUT2D eigenvalue weighted by Crippen LogP contribution is 2.04. The predicted molar refractivity (Wildman–Crippen MR) is 38.7 cm³/mol. The van der Waals surface area contributed by atoms with Crippen molar-refractivity contribution >= 4 is 11.2 Å². The Balaban J connectivity index is 3.34. The Morgan fingerprint density at radius 2 is 1.80 bits per heavy atom. The largest absolute Gasteiger partial charge is 0.616 e. The second-order valence-electron chi connectivity index (χ2n) is 2.56. The fourth-order valence-electron chi connectivity index (χ4n) is 0.580. The van der Waals surface area contributed by atoms with Crippen molar-refractivity contribution in [1.29, 1.82) is 0 Å². The van der Waals surface area contributed by atoms with E-state index in [1.807, 2.05) is 13.8 Å². The molecular weight excluding hydrogens is 158 g/mol. The Morgan fingerprint density at radius 1 is 1.30 bits per heavy atom. The van der Waals surface area contributed by atoms with Gasteiger partial charge in [-0.1, -0.05) is 13.8 Å². The average molecular weight is 170 g/mol. The minimum absolute atomic E-state index is 0.236. The maximum atomic E-state index is 11.5. The van der Waals surface area contributed by atoms with Crippen LogP contribution < -0.4 is 0 Å². The van der Waals surface area contributed by atoms with Gasteiger partial charge in [0.2, 0.25) is 0 Å². The molecule has 1 atom stereocenters. The minimum Gasteiger partial charge on any atom is -0.616 e. The molecule has 62 valence electrons. The summed E-state index contributed by atoms with van der Waals surface area (Å²) < 4.78 is 33.8. The van der Waals surface area contributed by atoms with E-state index in [0.29, 0.717) is 5.75 Å². The van der Waals surface area contributed by atoms with Gasteiger partial charge in [-0.2, -0.15) is 0 Å². The Kier molecular flexibility index (Phi) is 4.99. The zero-order valence-corrected chi connectivity index (χ0v) is 6.96. The van der Waals surface area contributed by atoms with Crippen LogP contribution in [0.3, 0.4) is 0 Å². The number of hydrogen-bond donors (Lipinski definition) is 0. The van der Waals surface area contributed by atoms with E-state index in [1.165, 1.54) is 0 Å². The van der Waals surface area contributed by atoms with Gasteiger partial charge in [0.1, 0.15) is 5.75 Å². The van der Waals surface area contributed by atoms with E-state index in [-0.39, 0.29) is 5.92 Å². The van der Waals surface area contributed by atoms with E-state index in [1.54, 1.807) is 0 Å². The van der Waals surface area contributed by atoms with Crippen molar-refractivity contribution in [2.75, 3.05) is 11.5 Å². The van der Waals surface area contributed by atoms with Crippen LogP contribution in [-0.2, 0) is 11.2 Å². The van der Waals surface area contributed by atoms with Crippen LogP contribution in [-0.4, -0.2) is 22.5 Å². The third kappa shape index (κ3) is 6.29. The molecular formula is C6H12F2OS. The van der Waals surface area contributed by atoms with Crippen molar-refractivity contribution in [1.82, 2.24) is 0 Å². The summed E-state index contributed by atoms with van der Waals surface area (Å²) in [5, 5.41) is 0. The topological polar surface area (TPSA) is 23.1 Å². The summed E-state index contributed by atoms with van der Waals surface area (Å²) in [5.74, 6) is 0.141. The quantitative estimate of drug-likeness (QED) is 0.588. The maximum absolute atomic E-state index is 11.5. The molecule has 10 heavy (non-hydrogen) atoms. The van der Waals surface area contributed by atoms with Gasteiger partial charge in [0.25, 0.3) is 6.43 Å². The summed E-state index contributed by atoms with van der Waals surface area (Å²) >= 11 is -1.33. The van der Waals surface area contributed by atoms with Gasteiger partial charge in [0.15, 0.2) is 5.75 Å². The first-order valence-corrected chi connectivity index (χ1v) is 4.64. The summed E-state index contributed by atoms with van der Waals surface area (Å²) in [6.07, 6.45) is -2.43. The van der Waals surface area contributed by atoms with E-state index < -0.39 is 23.4 Å². The summed E-state index contributed by atoms with van der Waals surface area (Å²) in [6.45, 7) is 3.73. The van der Waals surface area contributed by atoms with Crippen molar-refractivity contribution < 1.29 is 13.3 Å². The highest BCUT2D eigenvalue weighted by atomic mass is 32.2. The molecule has 0 fully saturated rings. The molecule has 0 aliphatic rings. The molecule has 0 heterocycles. The second-order valence-corrected chi connectivity index (χ2v) is 4.10. The van der Waals surface area contributed by atoms with Gasteiger partial charge in [0, 0.05) is 0 Å². The van der Waals surface area contributed by atoms with Gasteiger partial charge in [-0.3, -0.25) is 0 Å². The lowest BCUT2D eigenvalue weighted by Crippen LogP contribution is -2.19. The van der Waals surface area contributed by atoms with Crippen LogP contribution in [0.25, 0.3) is 0 Å². The Bertz CT molecular complexity index is 77.8. The summed E-state index contributed by atoms with van der Waals surface area (Å²) in [7, 11) is 0. The van der Waals surface area contributed by atoms with Crippen molar-refractivity contribution in [3.63, 3.8) is 0 Å². The van der Waals surface area contributed by atoms with Crippen LogP contribution in [0, 0.1) is 5.92 Å². The Labute approximate surface area is 63.0 Å². The van der Waals surface area contributed by atoms with Crippen LogP contribution in [0.2, 0.25) is 0 Å². The predicted octanol–water partition coefficient (Wildman–Crippen LogP) is 1.66. The van der Waals surface area contributed by atoms with Crippen LogP contribution in [0.15, 0.2) is 0 Å². The molecule has 0 radical (unpaired) electrons. The molecule has 4 heteroatoms. The van der Waals surface area contributed by atoms with Gasteiger partial charge >= 0.3 is 0 Å². The van der Waals surface area contributed by atoms with E-state index in [0.717, 1.165) is 0 Å². The maximum Gasteiger partial charge on any atom is 0.282 e. The average Bonchev–Trinajstić information content (AvgIpc) is 1.58. The fourth-order valence-corrected chi connectivity index (χ4v) is 1.74. The van der Waals surface area contributed by atoms with E-state index in [9.17, 15) is 13.3 Å². The molecule has 0 N–H and O–H groups in total. The fraction of sp³-hybridized carbons (Fsp3) is 1.00. The minimum atomic E-state index is -2.43. The molecule has 0 spiro atoms. The monoisotopic (exact) mass is 170 g/mol. The normalized spacial score (nSPS) is 14.7. The first-order valence-electron chi connectivity index (χ1n) is 3.15. The van der Waals surface area contributed by atoms with Gasteiger partial charge in [-0.15, -0.1) is 0 Å². The van der Waals surface area contributed by atoms with Crippen LogP contribution in [0.1, 0.15) is 13.8 Å². The highest BCUT2D eigenvalue weighted by Gasteiger charge is 2.15. The van der Waals surface area contributed by atoms with E-state index >= 15 is 0 Å². The molecule has 0 bridgehead atoms. The molecule has 0 aromatic rings. The van der Waals surface area contributed by atoms with Gasteiger partial charge < -0.3 is 4.55 Å². The van der Waals surface area contributed by atoms with Crippen molar-refractivity contribution in [2.45, 2.75) is 20.3 Å². The summed E-state index contributed by atoms with van der Waals surface area (Å²) in [6, 6.07) is 0.